The summed E-state index contributed by atoms with van der Waals surface area (Å²) in [5.41, 5.74) is -0.191. The minimum Gasteiger partial charge on any atom is -0.342 e. The summed E-state index contributed by atoms with van der Waals surface area (Å²) < 4.78 is 0. The molecule has 118 valence electrons. The Kier molecular flexibility index (Phi) is 7.52. The molecule has 1 N–H and O–H groups in total. The second kappa shape index (κ2) is 8.63. The van der Waals surface area contributed by atoms with Gasteiger partial charge in [0.15, 0.2) is 0 Å². The summed E-state index contributed by atoms with van der Waals surface area (Å²) in [4.78, 5) is 17.2. The van der Waals surface area contributed by atoms with Crippen LogP contribution in [-0.2, 0) is 4.79 Å². The van der Waals surface area contributed by atoms with Crippen LogP contribution in [0.2, 0.25) is 0 Å². The lowest BCUT2D eigenvalue weighted by atomic mass is 9.81. The molecule has 0 bridgehead atoms. The van der Waals surface area contributed by atoms with Crippen molar-refractivity contribution in [3.63, 3.8) is 0 Å². The molecule has 1 rings (SSSR count). The van der Waals surface area contributed by atoms with Crippen LogP contribution in [0.5, 0.6) is 0 Å². The van der Waals surface area contributed by atoms with E-state index in [1.165, 1.54) is 0 Å². The standard InChI is InChI=1S/C16H33N3O/c1-5-18(6-2)12-9-13-19(7-3)15(20)16(4)10-8-11-17-14-16/h17H,5-14H2,1-4H3. The van der Waals surface area contributed by atoms with Gasteiger partial charge < -0.3 is 15.1 Å². The molecule has 1 aliphatic rings. The maximum Gasteiger partial charge on any atom is 0.229 e. The first-order valence-corrected chi connectivity index (χ1v) is 8.29. The Balaban J connectivity index is 2.46. The number of nitrogens with one attached hydrogen (secondary N) is 1. The van der Waals surface area contributed by atoms with E-state index in [4.69, 9.17) is 0 Å². The monoisotopic (exact) mass is 283 g/mol. The van der Waals surface area contributed by atoms with Crippen molar-refractivity contribution in [1.82, 2.24) is 15.1 Å². The van der Waals surface area contributed by atoms with Crippen LogP contribution in [-0.4, -0.2) is 61.5 Å². The Morgan fingerprint density at radius 3 is 2.35 bits per heavy atom. The predicted molar refractivity (Wildman–Crippen MR) is 84.9 cm³/mol. The lowest BCUT2D eigenvalue weighted by Crippen LogP contribution is -2.50. The third kappa shape index (κ3) is 4.74. The third-order valence-electron chi connectivity index (χ3n) is 4.58. The number of amides is 1. The van der Waals surface area contributed by atoms with Gasteiger partial charge in [-0.3, -0.25) is 4.79 Å². The van der Waals surface area contributed by atoms with E-state index in [9.17, 15) is 4.79 Å². The largest absolute Gasteiger partial charge is 0.342 e. The SMILES string of the molecule is CCN(CC)CCCN(CC)C(=O)C1(C)CCCNC1. The van der Waals surface area contributed by atoms with E-state index < -0.39 is 0 Å². The van der Waals surface area contributed by atoms with E-state index in [1.807, 2.05) is 0 Å². The van der Waals surface area contributed by atoms with Crippen LogP contribution in [0.25, 0.3) is 0 Å². The first-order chi connectivity index (χ1) is 9.57. The zero-order valence-corrected chi connectivity index (χ0v) is 13.9. The minimum atomic E-state index is -0.191. The summed E-state index contributed by atoms with van der Waals surface area (Å²) >= 11 is 0. The van der Waals surface area contributed by atoms with Crippen LogP contribution in [0, 0.1) is 5.41 Å². The normalized spacial score (nSPS) is 23.1. The summed E-state index contributed by atoms with van der Waals surface area (Å²) in [5.74, 6) is 0.340. The maximum absolute atomic E-state index is 12.7. The number of carbonyl (C=O) groups is 1. The predicted octanol–water partition coefficient (Wildman–Crippen LogP) is 1.96. The fraction of sp³-hybridized carbons (Fsp3) is 0.938. The van der Waals surface area contributed by atoms with Crippen LogP contribution in [0.1, 0.15) is 47.0 Å². The van der Waals surface area contributed by atoms with Crippen molar-refractivity contribution in [3.8, 4) is 0 Å². The van der Waals surface area contributed by atoms with E-state index in [0.717, 1.165) is 65.1 Å². The molecule has 0 aromatic rings. The van der Waals surface area contributed by atoms with Crippen molar-refractivity contribution in [2.45, 2.75) is 47.0 Å². The molecule has 1 amide bonds. The van der Waals surface area contributed by atoms with Crippen LogP contribution in [0.15, 0.2) is 0 Å². The Labute approximate surface area is 124 Å². The Hall–Kier alpha value is -0.610. The van der Waals surface area contributed by atoms with Crippen LogP contribution in [0.3, 0.4) is 0 Å². The molecule has 0 aromatic carbocycles. The Morgan fingerprint density at radius 1 is 1.15 bits per heavy atom. The Bertz CT molecular complexity index is 283. The van der Waals surface area contributed by atoms with E-state index in [0.29, 0.717) is 5.91 Å². The molecule has 1 unspecified atom stereocenters. The number of hydrogen-bond acceptors (Lipinski definition) is 3. The van der Waals surface area contributed by atoms with Crippen LogP contribution >= 0.6 is 0 Å². The van der Waals surface area contributed by atoms with Crippen molar-refractivity contribution in [2.75, 3.05) is 45.8 Å². The molecule has 1 saturated heterocycles. The molecular weight excluding hydrogens is 250 g/mol. The zero-order chi connectivity index (χ0) is 15.0. The fourth-order valence-electron chi connectivity index (χ4n) is 3.05. The van der Waals surface area contributed by atoms with Crippen molar-refractivity contribution in [2.24, 2.45) is 5.41 Å². The Morgan fingerprint density at radius 2 is 1.85 bits per heavy atom. The van der Waals surface area contributed by atoms with Gasteiger partial charge in [-0.15, -0.1) is 0 Å². The smallest absolute Gasteiger partial charge is 0.229 e. The van der Waals surface area contributed by atoms with Gasteiger partial charge in [0.25, 0.3) is 0 Å². The number of rotatable bonds is 8. The van der Waals surface area contributed by atoms with Gasteiger partial charge in [0.05, 0.1) is 5.41 Å². The first kappa shape index (κ1) is 17.4. The molecule has 20 heavy (non-hydrogen) atoms. The van der Waals surface area contributed by atoms with Gasteiger partial charge in [-0.1, -0.05) is 13.8 Å². The lowest BCUT2D eigenvalue weighted by Gasteiger charge is -2.37. The molecule has 1 atom stereocenters. The van der Waals surface area contributed by atoms with Gasteiger partial charge in [0, 0.05) is 19.6 Å². The van der Waals surface area contributed by atoms with Gasteiger partial charge in [0.1, 0.15) is 0 Å². The van der Waals surface area contributed by atoms with E-state index in [2.05, 4.69) is 42.8 Å². The summed E-state index contributed by atoms with van der Waals surface area (Å²) in [5, 5.41) is 3.37. The summed E-state index contributed by atoms with van der Waals surface area (Å²) in [7, 11) is 0. The van der Waals surface area contributed by atoms with Crippen LogP contribution in [0.4, 0.5) is 0 Å². The maximum atomic E-state index is 12.7. The highest BCUT2D eigenvalue weighted by Crippen LogP contribution is 2.28. The highest BCUT2D eigenvalue weighted by molar-refractivity contribution is 5.82. The van der Waals surface area contributed by atoms with Gasteiger partial charge >= 0.3 is 0 Å². The van der Waals surface area contributed by atoms with Crippen LogP contribution < -0.4 is 5.32 Å². The molecule has 4 nitrogen and oxygen atoms in total. The van der Waals surface area contributed by atoms with Gasteiger partial charge in [0.2, 0.25) is 5.91 Å². The van der Waals surface area contributed by atoms with Crippen molar-refractivity contribution < 1.29 is 4.79 Å². The van der Waals surface area contributed by atoms with Crippen molar-refractivity contribution in [3.05, 3.63) is 0 Å². The second-order valence-corrected chi connectivity index (χ2v) is 6.11. The fourth-order valence-corrected chi connectivity index (χ4v) is 3.05. The molecule has 1 aliphatic heterocycles. The number of hydrogen-bond donors (Lipinski definition) is 1. The van der Waals surface area contributed by atoms with E-state index >= 15 is 0 Å². The quantitative estimate of drug-likeness (QED) is 0.739. The molecule has 0 spiro atoms. The molecule has 0 aliphatic carbocycles. The van der Waals surface area contributed by atoms with E-state index in [-0.39, 0.29) is 5.41 Å². The summed E-state index contributed by atoms with van der Waals surface area (Å²) in [6.07, 6.45) is 3.20. The average molecular weight is 283 g/mol. The molecule has 4 heteroatoms. The molecular formula is C16H33N3O. The molecule has 0 aromatic heterocycles. The second-order valence-electron chi connectivity index (χ2n) is 6.11. The molecule has 0 radical (unpaired) electrons. The molecule has 1 heterocycles. The highest BCUT2D eigenvalue weighted by atomic mass is 16.2. The highest BCUT2D eigenvalue weighted by Gasteiger charge is 2.37. The molecule has 1 fully saturated rings. The lowest BCUT2D eigenvalue weighted by molar-refractivity contribution is -0.142. The zero-order valence-electron chi connectivity index (χ0n) is 13.9. The first-order valence-electron chi connectivity index (χ1n) is 8.29. The van der Waals surface area contributed by atoms with Gasteiger partial charge in [-0.05, 0) is 59.3 Å². The summed E-state index contributed by atoms with van der Waals surface area (Å²) in [6.45, 7) is 15.5. The third-order valence-corrected chi connectivity index (χ3v) is 4.58. The number of carbonyl (C=O) groups excluding carboxylic acids is 1. The van der Waals surface area contributed by atoms with Crippen molar-refractivity contribution in [1.29, 1.82) is 0 Å². The summed E-state index contributed by atoms with van der Waals surface area (Å²) in [6, 6.07) is 0. The topological polar surface area (TPSA) is 35.6 Å². The number of piperidine rings is 1. The van der Waals surface area contributed by atoms with Gasteiger partial charge in [-0.2, -0.15) is 0 Å². The van der Waals surface area contributed by atoms with Crippen molar-refractivity contribution >= 4 is 5.91 Å². The van der Waals surface area contributed by atoms with E-state index in [1.54, 1.807) is 0 Å². The molecule has 0 saturated carbocycles. The average Bonchev–Trinajstić information content (AvgIpc) is 2.48. The number of nitrogens with zero attached hydrogens (tertiary/aromatic N) is 2. The van der Waals surface area contributed by atoms with Gasteiger partial charge in [-0.25, -0.2) is 0 Å². The minimum absolute atomic E-state index is 0.191.